The van der Waals surface area contributed by atoms with Crippen molar-refractivity contribution in [2.45, 2.75) is 20.3 Å². The number of rotatable bonds is 6. The topological polar surface area (TPSA) is 65.5 Å². The Hall–Kier alpha value is -2.08. The van der Waals surface area contributed by atoms with Crippen LogP contribution in [0.5, 0.6) is 5.75 Å². The van der Waals surface area contributed by atoms with E-state index in [1.54, 1.807) is 28.4 Å². The van der Waals surface area contributed by atoms with Crippen molar-refractivity contribution >= 4 is 17.4 Å². The molecule has 1 aromatic carbocycles. The van der Waals surface area contributed by atoms with Crippen LogP contribution in [-0.2, 0) is 6.42 Å². The van der Waals surface area contributed by atoms with Crippen molar-refractivity contribution in [1.29, 1.82) is 0 Å². The number of nitrogens with zero attached hydrogens (tertiary/aromatic N) is 2. The number of benzene rings is 1. The highest BCUT2D eigenvalue weighted by Crippen LogP contribution is 2.23. The van der Waals surface area contributed by atoms with E-state index in [2.05, 4.69) is 10.3 Å². The summed E-state index contributed by atoms with van der Waals surface area (Å²) in [6.45, 7) is 5.94. The Morgan fingerprint density at radius 2 is 1.95 bits per heavy atom. The molecule has 0 aliphatic rings. The van der Waals surface area contributed by atoms with Crippen LogP contribution in [0.1, 0.15) is 18.9 Å². The molecule has 0 atom stereocenters. The Labute approximate surface area is 134 Å². The molecule has 5 nitrogen and oxygen atoms in total. The number of hydrogen-bond donors (Lipinski definition) is 2. The monoisotopic (exact) mass is 319 g/mol. The number of urea groups is 1. The Morgan fingerprint density at radius 3 is 2.59 bits per heavy atom. The van der Waals surface area contributed by atoms with E-state index < -0.39 is 0 Å². The number of nitrogens with one attached hydrogen (secondary N) is 1. The molecule has 118 valence electrons. The second-order valence-electron chi connectivity index (χ2n) is 4.83. The van der Waals surface area contributed by atoms with Crippen LogP contribution >= 0.6 is 11.3 Å². The average Bonchev–Trinajstić information content (AvgIpc) is 2.98. The van der Waals surface area contributed by atoms with Crippen molar-refractivity contribution in [1.82, 2.24) is 15.2 Å². The van der Waals surface area contributed by atoms with Gasteiger partial charge in [-0.1, -0.05) is 0 Å². The molecule has 0 saturated carbocycles. The third kappa shape index (κ3) is 4.21. The van der Waals surface area contributed by atoms with Crippen LogP contribution in [0.15, 0.2) is 29.6 Å². The average molecular weight is 319 g/mol. The van der Waals surface area contributed by atoms with Gasteiger partial charge in [-0.25, -0.2) is 9.78 Å². The molecule has 6 heteroatoms. The molecule has 2 N–H and O–H groups in total. The van der Waals surface area contributed by atoms with Crippen LogP contribution in [0.4, 0.5) is 4.79 Å². The first-order chi connectivity index (χ1) is 10.6. The van der Waals surface area contributed by atoms with E-state index in [9.17, 15) is 9.90 Å². The van der Waals surface area contributed by atoms with Gasteiger partial charge in [0.25, 0.3) is 0 Å². The van der Waals surface area contributed by atoms with Gasteiger partial charge in [-0.3, -0.25) is 0 Å². The number of carbonyl (C=O) groups excluding carboxylic acids is 1. The van der Waals surface area contributed by atoms with Crippen molar-refractivity contribution < 1.29 is 9.90 Å². The lowest BCUT2D eigenvalue weighted by atomic mass is 10.2. The summed E-state index contributed by atoms with van der Waals surface area (Å²) in [6, 6.07) is 6.96. The van der Waals surface area contributed by atoms with Gasteiger partial charge in [0, 0.05) is 37.0 Å². The van der Waals surface area contributed by atoms with Gasteiger partial charge in [0.15, 0.2) is 0 Å². The first kappa shape index (κ1) is 16.3. The highest BCUT2D eigenvalue weighted by Gasteiger charge is 2.09. The van der Waals surface area contributed by atoms with Crippen molar-refractivity contribution in [3.63, 3.8) is 0 Å². The minimum absolute atomic E-state index is 0.0275. The predicted octanol–water partition coefficient (Wildman–Crippen LogP) is 3.11. The summed E-state index contributed by atoms with van der Waals surface area (Å²) in [5.74, 6) is 0.248. The zero-order valence-electron chi connectivity index (χ0n) is 12.9. The van der Waals surface area contributed by atoms with E-state index in [1.165, 1.54) is 0 Å². The summed E-state index contributed by atoms with van der Waals surface area (Å²) >= 11 is 1.58. The number of aromatic nitrogens is 1. The van der Waals surface area contributed by atoms with E-state index >= 15 is 0 Å². The second-order valence-corrected chi connectivity index (χ2v) is 5.77. The molecule has 0 radical (unpaired) electrons. The second kappa shape index (κ2) is 7.79. The molecule has 0 unspecified atom stereocenters. The van der Waals surface area contributed by atoms with Gasteiger partial charge in [0.05, 0.1) is 10.7 Å². The molecule has 1 heterocycles. The molecule has 0 bridgehead atoms. The molecule has 22 heavy (non-hydrogen) atoms. The molecule has 0 saturated heterocycles. The number of carbonyl (C=O) groups is 1. The number of amides is 2. The Morgan fingerprint density at radius 1 is 1.27 bits per heavy atom. The van der Waals surface area contributed by atoms with Gasteiger partial charge in [-0.15, -0.1) is 11.3 Å². The smallest absolute Gasteiger partial charge is 0.317 e. The van der Waals surface area contributed by atoms with E-state index in [0.29, 0.717) is 19.6 Å². The summed E-state index contributed by atoms with van der Waals surface area (Å²) in [4.78, 5) is 18.1. The summed E-state index contributed by atoms with van der Waals surface area (Å²) < 4.78 is 0. The maximum Gasteiger partial charge on any atom is 0.317 e. The third-order valence-electron chi connectivity index (χ3n) is 3.38. The predicted molar refractivity (Wildman–Crippen MR) is 89.2 cm³/mol. The number of aromatic hydroxyl groups is 1. The van der Waals surface area contributed by atoms with Gasteiger partial charge >= 0.3 is 6.03 Å². The maximum absolute atomic E-state index is 11.8. The standard InChI is InChI=1S/C16H21N3O2S/c1-3-19(4-2)16(21)17-10-9-15-18-14(11-22-15)12-5-7-13(20)8-6-12/h5-8,11,20H,3-4,9-10H2,1-2H3,(H,17,21). The Bertz CT molecular complexity index is 606. The van der Waals surface area contributed by atoms with Gasteiger partial charge in [0.1, 0.15) is 5.75 Å². The SMILES string of the molecule is CCN(CC)C(=O)NCCc1nc(-c2ccc(O)cc2)cs1. The summed E-state index contributed by atoms with van der Waals surface area (Å²) in [6.07, 6.45) is 0.718. The largest absolute Gasteiger partial charge is 0.508 e. The highest BCUT2D eigenvalue weighted by molar-refractivity contribution is 7.09. The molecule has 0 aliphatic heterocycles. The van der Waals surface area contributed by atoms with E-state index in [4.69, 9.17) is 0 Å². The molecule has 2 rings (SSSR count). The number of thiazole rings is 1. The number of phenols is 1. The molecular weight excluding hydrogens is 298 g/mol. The Kier molecular flexibility index (Phi) is 5.77. The first-order valence-electron chi connectivity index (χ1n) is 7.40. The van der Waals surface area contributed by atoms with Crippen LogP contribution in [0.25, 0.3) is 11.3 Å². The molecule has 1 aromatic heterocycles. The lowest BCUT2D eigenvalue weighted by Gasteiger charge is -2.18. The van der Waals surface area contributed by atoms with Crippen molar-refractivity contribution in [3.05, 3.63) is 34.7 Å². The molecule has 2 amide bonds. The quantitative estimate of drug-likeness (QED) is 0.860. The van der Waals surface area contributed by atoms with Crippen LogP contribution in [0, 0.1) is 0 Å². The van der Waals surface area contributed by atoms with Gasteiger partial charge in [0.2, 0.25) is 0 Å². The van der Waals surface area contributed by atoms with Gasteiger partial charge in [-0.2, -0.15) is 0 Å². The highest BCUT2D eigenvalue weighted by atomic mass is 32.1. The zero-order valence-corrected chi connectivity index (χ0v) is 13.7. The normalized spacial score (nSPS) is 10.5. The minimum Gasteiger partial charge on any atom is -0.508 e. The summed E-state index contributed by atoms with van der Waals surface area (Å²) in [5.41, 5.74) is 1.88. The fraction of sp³-hybridized carbons (Fsp3) is 0.375. The van der Waals surface area contributed by atoms with Crippen LogP contribution < -0.4 is 5.32 Å². The van der Waals surface area contributed by atoms with Gasteiger partial charge < -0.3 is 15.3 Å². The van der Waals surface area contributed by atoms with Crippen LogP contribution in [0.2, 0.25) is 0 Å². The Balaban J connectivity index is 1.87. The van der Waals surface area contributed by atoms with Gasteiger partial charge in [-0.05, 0) is 38.1 Å². The van der Waals surface area contributed by atoms with E-state index in [0.717, 1.165) is 22.7 Å². The molecule has 0 spiro atoms. The fourth-order valence-corrected chi connectivity index (χ4v) is 2.90. The number of phenolic OH excluding ortho intramolecular Hbond substituents is 1. The molecule has 0 fully saturated rings. The summed E-state index contributed by atoms with van der Waals surface area (Å²) in [5, 5.41) is 15.2. The van der Waals surface area contributed by atoms with Crippen molar-refractivity contribution in [2.24, 2.45) is 0 Å². The summed E-state index contributed by atoms with van der Waals surface area (Å²) in [7, 11) is 0. The van der Waals surface area contributed by atoms with Crippen LogP contribution in [-0.4, -0.2) is 40.7 Å². The van der Waals surface area contributed by atoms with Crippen molar-refractivity contribution in [3.8, 4) is 17.0 Å². The number of hydrogen-bond acceptors (Lipinski definition) is 4. The zero-order chi connectivity index (χ0) is 15.9. The molecule has 2 aromatic rings. The lowest BCUT2D eigenvalue weighted by molar-refractivity contribution is 0.203. The minimum atomic E-state index is -0.0275. The first-order valence-corrected chi connectivity index (χ1v) is 8.28. The van der Waals surface area contributed by atoms with Crippen LogP contribution in [0.3, 0.4) is 0 Å². The molecular formula is C16H21N3O2S. The molecule has 0 aliphatic carbocycles. The fourth-order valence-electron chi connectivity index (χ4n) is 2.09. The van der Waals surface area contributed by atoms with Crippen molar-refractivity contribution in [2.75, 3.05) is 19.6 Å². The lowest BCUT2D eigenvalue weighted by Crippen LogP contribution is -2.40. The van der Waals surface area contributed by atoms with E-state index in [1.807, 2.05) is 31.4 Å². The van der Waals surface area contributed by atoms with E-state index in [-0.39, 0.29) is 11.8 Å². The third-order valence-corrected chi connectivity index (χ3v) is 4.29. The maximum atomic E-state index is 11.8.